The molecule has 0 saturated carbocycles. The van der Waals surface area contributed by atoms with E-state index in [4.69, 9.17) is 4.74 Å². The highest BCUT2D eigenvalue weighted by atomic mass is 32.1. The van der Waals surface area contributed by atoms with Crippen LogP contribution >= 0.6 is 22.7 Å². The van der Waals surface area contributed by atoms with Crippen molar-refractivity contribution in [1.29, 1.82) is 0 Å². The predicted octanol–water partition coefficient (Wildman–Crippen LogP) is 3.41. The van der Waals surface area contributed by atoms with Gasteiger partial charge in [-0.15, -0.1) is 11.3 Å². The molecule has 0 radical (unpaired) electrons. The summed E-state index contributed by atoms with van der Waals surface area (Å²) in [6.07, 6.45) is 0.825. The van der Waals surface area contributed by atoms with Crippen molar-refractivity contribution >= 4 is 29.0 Å². The molecule has 66 valence electrons. The summed E-state index contributed by atoms with van der Waals surface area (Å²) >= 11 is 2.88. The zero-order chi connectivity index (χ0) is 9.10. The van der Waals surface area contributed by atoms with Crippen LogP contribution in [0.1, 0.15) is 9.67 Å². The summed E-state index contributed by atoms with van der Waals surface area (Å²) in [7, 11) is 0. The Balaban J connectivity index is 2.14. The first-order valence-corrected chi connectivity index (χ1v) is 5.34. The molecular formula is C9H6O2S2. The van der Waals surface area contributed by atoms with E-state index >= 15 is 0 Å². The van der Waals surface area contributed by atoms with Crippen LogP contribution in [0.5, 0.6) is 10.1 Å². The van der Waals surface area contributed by atoms with Crippen LogP contribution in [0.4, 0.5) is 0 Å². The topological polar surface area (TPSA) is 26.3 Å². The van der Waals surface area contributed by atoms with Crippen molar-refractivity contribution in [2.45, 2.75) is 0 Å². The maximum Gasteiger partial charge on any atom is 0.182 e. The maximum absolute atomic E-state index is 10.4. The Morgan fingerprint density at radius 3 is 2.77 bits per heavy atom. The highest BCUT2D eigenvalue weighted by Crippen LogP contribution is 2.31. The summed E-state index contributed by atoms with van der Waals surface area (Å²) < 4.78 is 5.48. The standard InChI is InChI=1S/C9H6O2S2/c10-6-7-3-4-9(13-7)11-8-2-1-5-12-8/h1-6H. The van der Waals surface area contributed by atoms with E-state index in [0.717, 1.165) is 16.4 Å². The second kappa shape index (κ2) is 3.72. The molecule has 0 aliphatic carbocycles. The fraction of sp³-hybridized carbons (Fsp3) is 0. The van der Waals surface area contributed by atoms with Crippen LogP contribution in [0.25, 0.3) is 0 Å². The van der Waals surface area contributed by atoms with Gasteiger partial charge in [-0.05, 0) is 29.6 Å². The molecular weight excluding hydrogens is 204 g/mol. The quantitative estimate of drug-likeness (QED) is 0.725. The van der Waals surface area contributed by atoms with Gasteiger partial charge in [-0.3, -0.25) is 4.79 Å². The minimum Gasteiger partial charge on any atom is -0.436 e. The van der Waals surface area contributed by atoms with Gasteiger partial charge in [0.2, 0.25) is 0 Å². The SMILES string of the molecule is O=Cc1ccc(Oc2cccs2)s1. The molecule has 2 rings (SSSR count). The van der Waals surface area contributed by atoms with Crippen molar-refractivity contribution in [3.63, 3.8) is 0 Å². The van der Waals surface area contributed by atoms with Gasteiger partial charge in [0.15, 0.2) is 16.4 Å². The second-order valence-corrected chi connectivity index (χ2v) is 4.30. The Morgan fingerprint density at radius 2 is 2.15 bits per heavy atom. The summed E-state index contributed by atoms with van der Waals surface area (Å²) in [4.78, 5) is 11.1. The van der Waals surface area contributed by atoms with Gasteiger partial charge < -0.3 is 4.74 Å². The van der Waals surface area contributed by atoms with Crippen LogP contribution in [0, 0.1) is 0 Å². The van der Waals surface area contributed by atoms with E-state index in [1.165, 1.54) is 22.7 Å². The van der Waals surface area contributed by atoms with Crippen molar-refractivity contribution in [2.24, 2.45) is 0 Å². The molecule has 0 aliphatic rings. The van der Waals surface area contributed by atoms with Crippen molar-refractivity contribution in [1.82, 2.24) is 0 Å². The van der Waals surface area contributed by atoms with Gasteiger partial charge in [0, 0.05) is 0 Å². The lowest BCUT2D eigenvalue weighted by atomic mass is 10.5. The zero-order valence-corrected chi connectivity index (χ0v) is 8.23. The highest BCUT2D eigenvalue weighted by Gasteiger charge is 2.01. The molecule has 0 aromatic carbocycles. The first kappa shape index (κ1) is 8.47. The van der Waals surface area contributed by atoms with E-state index in [-0.39, 0.29) is 0 Å². The highest BCUT2D eigenvalue weighted by molar-refractivity contribution is 7.15. The van der Waals surface area contributed by atoms with Crippen molar-refractivity contribution < 1.29 is 9.53 Å². The molecule has 0 fully saturated rings. The normalized spacial score (nSPS) is 9.85. The Kier molecular flexibility index (Phi) is 2.42. The van der Waals surface area contributed by atoms with Gasteiger partial charge in [0.1, 0.15) is 0 Å². The van der Waals surface area contributed by atoms with Crippen molar-refractivity contribution in [3.05, 3.63) is 34.5 Å². The first-order chi connectivity index (χ1) is 6.38. The lowest BCUT2D eigenvalue weighted by Gasteiger charge is -1.95. The van der Waals surface area contributed by atoms with Crippen molar-refractivity contribution in [3.8, 4) is 10.1 Å². The second-order valence-electron chi connectivity index (χ2n) is 2.31. The fourth-order valence-corrected chi connectivity index (χ4v) is 2.20. The van der Waals surface area contributed by atoms with Gasteiger partial charge in [0.05, 0.1) is 4.88 Å². The van der Waals surface area contributed by atoms with E-state index in [2.05, 4.69) is 0 Å². The van der Waals surface area contributed by atoms with Crippen molar-refractivity contribution in [2.75, 3.05) is 0 Å². The summed E-state index contributed by atoms with van der Waals surface area (Å²) in [5.74, 6) is 0. The molecule has 4 heteroatoms. The molecule has 0 amide bonds. The summed E-state index contributed by atoms with van der Waals surface area (Å²) in [5.41, 5.74) is 0. The average molecular weight is 210 g/mol. The van der Waals surface area contributed by atoms with E-state index in [1.54, 1.807) is 12.1 Å². The number of thiophene rings is 2. The zero-order valence-electron chi connectivity index (χ0n) is 6.60. The largest absolute Gasteiger partial charge is 0.436 e. The van der Waals surface area contributed by atoms with Gasteiger partial charge in [-0.25, -0.2) is 0 Å². The summed E-state index contributed by atoms with van der Waals surface area (Å²) in [6, 6.07) is 7.37. The molecule has 0 N–H and O–H groups in total. The average Bonchev–Trinajstić information content (AvgIpc) is 2.76. The number of carbonyl (C=O) groups excluding carboxylic acids is 1. The van der Waals surface area contributed by atoms with E-state index in [0.29, 0.717) is 4.88 Å². The van der Waals surface area contributed by atoms with Gasteiger partial charge >= 0.3 is 0 Å². The minimum atomic E-state index is 0.687. The van der Waals surface area contributed by atoms with Crippen LogP contribution in [-0.2, 0) is 0 Å². The molecule has 0 unspecified atom stereocenters. The van der Waals surface area contributed by atoms with Gasteiger partial charge in [0.25, 0.3) is 0 Å². The van der Waals surface area contributed by atoms with Crippen LogP contribution in [0.2, 0.25) is 0 Å². The lowest BCUT2D eigenvalue weighted by Crippen LogP contribution is -1.72. The third kappa shape index (κ3) is 1.96. The van der Waals surface area contributed by atoms with Crippen LogP contribution in [0.3, 0.4) is 0 Å². The maximum atomic E-state index is 10.4. The van der Waals surface area contributed by atoms with Crippen LogP contribution in [0.15, 0.2) is 29.6 Å². The van der Waals surface area contributed by atoms with Crippen LogP contribution < -0.4 is 4.74 Å². The summed E-state index contributed by atoms with van der Waals surface area (Å²) in [6.45, 7) is 0. The lowest BCUT2D eigenvalue weighted by molar-refractivity contribution is 0.112. The number of carbonyl (C=O) groups is 1. The molecule has 0 saturated heterocycles. The smallest absolute Gasteiger partial charge is 0.182 e. The third-order valence-corrected chi connectivity index (χ3v) is 3.05. The Labute approximate surface area is 83.4 Å². The molecule has 2 aromatic heterocycles. The molecule has 2 nitrogen and oxygen atoms in total. The number of aldehydes is 1. The van der Waals surface area contributed by atoms with Crippen LogP contribution in [-0.4, -0.2) is 6.29 Å². The van der Waals surface area contributed by atoms with Gasteiger partial charge in [-0.1, -0.05) is 11.3 Å². The predicted molar refractivity (Wildman–Crippen MR) is 54.1 cm³/mol. The molecule has 0 bridgehead atoms. The molecule has 0 atom stereocenters. The number of hydrogen-bond donors (Lipinski definition) is 0. The third-order valence-electron chi connectivity index (χ3n) is 1.41. The minimum absolute atomic E-state index is 0.687. The fourth-order valence-electron chi connectivity index (χ4n) is 0.873. The monoisotopic (exact) mass is 210 g/mol. The number of ether oxygens (including phenoxy) is 1. The molecule has 0 aliphatic heterocycles. The first-order valence-electron chi connectivity index (χ1n) is 3.65. The Morgan fingerprint density at radius 1 is 1.23 bits per heavy atom. The molecule has 13 heavy (non-hydrogen) atoms. The number of rotatable bonds is 3. The Hall–Kier alpha value is -1.13. The Bertz CT molecular complexity index is 389. The van der Waals surface area contributed by atoms with E-state index in [9.17, 15) is 4.79 Å². The summed E-state index contributed by atoms with van der Waals surface area (Å²) in [5, 5.41) is 3.55. The van der Waals surface area contributed by atoms with E-state index < -0.39 is 0 Å². The van der Waals surface area contributed by atoms with Gasteiger partial charge in [-0.2, -0.15) is 0 Å². The molecule has 2 heterocycles. The molecule has 2 aromatic rings. The number of hydrogen-bond acceptors (Lipinski definition) is 4. The molecule has 0 spiro atoms. The van der Waals surface area contributed by atoms with E-state index in [1.807, 2.05) is 17.5 Å².